The molecule has 0 radical (unpaired) electrons. The summed E-state index contributed by atoms with van der Waals surface area (Å²) < 4.78 is 50.5. The first-order chi connectivity index (χ1) is 14.6. The number of carbonyl (C=O) groups excluding carboxylic acids is 2. The van der Waals surface area contributed by atoms with E-state index in [2.05, 4.69) is 0 Å². The summed E-state index contributed by atoms with van der Waals surface area (Å²) in [5, 5.41) is -0.128. The van der Waals surface area contributed by atoms with Crippen molar-refractivity contribution in [1.82, 2.24) is 0 Å². The highest BCUT2D eigenvalue weighted by molar-refractivity contribution is 6.42. The Labute approximate surface area is 197 Å². The third-order valence-electron chi connectivity index (χ3n) is 3.94. The molecule has 1 amide bonds. The van der Waals surface area contributed by atoms with E-state index in [-0.39, 0.29) is 32.1 Å². The maximum atomic E-state index is 13.4. The average Bonchev–Trinajstić information content (AvgIpc) is 2.62. The monoisotopic (exact) mass is 511 g/mol. The molecule has 0 aliphatic rings. The number of benzene rings is 2. The number of alkyl halides is 3. The molecule has 0 bridgehead atoms. The normalized spacial score (nSPS) is 11.8. The van der Waals surface area contributed by atoms with Gasteiger partial charge in [0.1, 0.15) is 17.9 Å². The maximum absolute atomic E-state index is 13.4. The number of ether oxygens (including phenoxy) is 2. The lowest BCUT2D eigenvalue weighted by atomic mass is 10.1. The summed E-state index contributed by atoms with van der Waals surface area (Å²) in [6.45, 7) is 4.11. The van der Waals surface area contributed by atoms with Gasteiger partial charge >= 0.3 is 12.1 Å². The lowest BCUT2D eigenvalue weighted by molar-refractivity contribution is -0.152. The van der Waals surface area contributed by atoms with Gasteiger partial charge in [0.2, 0.25) is 0 Å². The molecule has 32 heavy (non-hydrogen) atoms. The first-order valence-corrected chi connectivity index (χ1v) is 10.2. The molecule has 0 saturated heterocycles. The van der Waals surface area contributed by atoms with Crippen LogP contribution < -0.4 is 9.64 Å². The Kier molecular flexibility index (Phi) is 7.96. The quantitative estimate of drug-likeness (QED) is 0.420. The molecule has 0 N–H and O–H groups in total. The lowest BCUT2D eigenvalue weighted by Gasteiger charge is -2.27. The summed E-state index contributed by atoms with van der Waals surface area (Å²) in [7, 11) is 1.17. The fraction of sp³-hybridized carbons (Fsp3) is 0.333. The van der Waals surface area contributed by atoms with Gasteiger partial charge in [-0.05, 0) is 45.0 Å². The van der Waals surface area contributed by atoms with Crippen molar-refractivity contribution in [1.29, 1.82) is 0 Å². The molecule has 5 nitrogen and oxygen atoms in total. The van der Waals surface area contributed by atoms with Gasteiger partial charge in [0.15, 0.2) is 0 Å². The van der Waals surface area contributed by atoms with Crippen molar-refractivity contribution in [2.75, 3.05) is 18.6 Å². The van der Waals surface area contributed by atoms with E-state index in [1.807, 2.05) is 0 Å². The van der Waals surface area contributed by atoms with Gasteiger partial charge in [-0.3, -0.25) is 14.5 Å². The van der Waals surface area contributed by atoms with Gasteiger partial charge in [-0.1, -0.05) is 34.8 Å². The van der Waals surface area contributed by atoms with Gasteiger partial charge < -0.3 is 9.47 Å². The number of anilines is 1. The fourth-order valence-corrected chi connectivity index (χ4v) is 3.66. The number of amides is 1. The minimum Gasteiger partial charge on any atom is -0.497 e. The first kappa shape index (κ1) is 26.1. The van der Waals surface area contributed by atoms with E-state index < -0.39 is 35.8 Å². The van der Waals surface area contributed by atoms with Gasteiger partial charge in [0, 0.05) is 16.8 Å². The smallest absolute Gasteiger partial charge is 0.416 e. The van der Waals surface area contributed by atoms with Crippen molar-refractivity contribution in [2.45, 2.75) is 32.5 Å². The van der Waals surface area contributed by atoms with Crippen LogP contribution in [0.2, 0.25) is 15.1 Å². The van der Waals surface area contributed by atoms with E-state index in [1.54, 1.807) is 20.8 Å². The SMILES string of the molecule is COc1cc(N(CC(=O)OC(C)(C)C)C(=O)c2c(Cl)cc(Cl)cc2Cl)cc(C(F)(F)F)c1. The molecule has 174 valence electrons. The third-order valence-corrected chi connectivity index (χ3v) is 4.75. The van der Waals surface area contributed by atoms with E-state index >= 15 is 0 Å². The molecule has 0 spiro atoms. The Morgan fingerprint density at radius 3 is 2.00 bits per heavy atom. The Morgan fingerprint density at radius 2 is 1.53 bits per heavy atom. The largest absolute Gasteiger partial charge is 0.497 e. The van der Waals surface area contributed by atoms with E-state index in [9.17, 15) is 22.8 Å². The molecule has 0 aliphatic carbocycles. The van der Waals surface area contributed by atoms with Gasteiger partial charge in [-0.25, -0.2) is 0 Å². The van der Waals surface area contributed by atoms with Crippen LogP contribution in [0.5, 0.6) is 5.75 Å². The van der Waals surface area contributed by atoms with Crippen LogP contribution >= 0.6 is 34.8 Å². The zero-order valence-corrected chi connectivity index (χ0v) is 19.7. The van der Waals surface area contributed by atoms with Crippen LogP contribution in [0.15, 0.2) is 30.3 Å². The highest BCUT2D eigenvalue weighted by Crippen LogP contribution is 2.37. The zero-order valence-electron chi connectivity index (χ0n) is 17.4. The Morgan fingerprint density at radius 1 is 0.969 bits per heavy atom. The number of nitrogens with zero attached hydrogens (tertiary/aromatic N) is 1. The number of methoxy groups -OCH3 is 1. The van der Waals surface area contributed by atoms with Crippen LogP contribution in [0, 0.1) is 0 Å². The van der Waals surface area contributed by atoms with Crippen molar-refractivity contribution < 1.29 is 32.2 Å². The number of hydrogen-bond acceptors (Lipinski definition) is 4. The predicted octanol–water partition coefficient (Wildman–Crippen LogP) is 6.66. The van der Waals surface area contributed by atoms with Gasteiger partial charge in [-0.2, -0.15) is 13.2 Å². The van der Waals surface area contributed by atoms with Gasteiger partial charge in [0.05, 0.1) is 28.3 Å². The predicted molar refractivity (Wildman–Crippen MR) is 117 cm³/mol. The Hall–Kier alpha value is -2.16. The Balaban J connectivity index is 2.65. The molecule has 2 aromatic rings. The standard InChI is InChI=1S/C21H19Cl3F3NO4/c1-20(2,3)32-17(29)10-28(19(30)18-15(23)7-12(22)8-16(18)24)13-5-11(21(25,26)27)6-14(9-13)31-4/h5-9H,10H2,1-4H3. The lowest BCUT2D eigenvalue weighted by Crippen LogP contribution is -2.39. The molecule has 0 aliphatic heterocycles. The summed E-state index contributed by atoms with van der Waals surface area (Å²) in [4.78, 5) is 26.6. The Bertz CT molecular complexity index is 1010. The van der Waals surface area contributed by atoms with Crippen LogP contribution in [0.1, 0.15) is 36.7 Å². The van der Waals surface area contributed by atoms with Crippen LogP contribution in [-0.2, 0) is 15.7 Å². The summed E-state index contributed by atoms with van der Waals surface area (Å²) in [6.07, 6.45) is -4.74. The fourth-order valence-electron chi connectivity index (χ4n) is 2.69. The van der Waals surface area contributed by atoms with Gasteiger partial charge in [-0.15, -0.1) is 0 Å². The van der Waals surface area contributed by atoms with Crippen molar-refractivity contribution in [2.24, 2.45) is 0 Å². The summed E-state index contributed by atoms with van der Waals surface area (Å²) in [6, 6.07) is 5.15. The molecule has 0 fully saturated rings. The molecule has 11 heteroatoms. The first-order valence-electron chi connectivity index (χ1n) is 9.07. The van der Waals surface area contributed by atoms with Crippen LogP contribution in [0.4, 0.5) is 18.9 Å². The summed E-state index contributed by atoms with van der Waals surface area (Å²) in [5.74, 6) is -1.96. The topological polar surface area (TPSA) is 55.8 Å². The van der Waals surface area contributed by atoms with Crippen molar-refractivity contribution >= 4 is 52.4 Å². The molecule has 0 saturated carbocycles. The number of esters is 1. The third kappa shape index (κ3) is 6.67. The van der Waals surface area contributed by atoms with E-state index in [1.165, 1.54) is 25.3 Å². The van der Waals surface area contributed by atoms with Crippen molar-refractivity contribution in [3.8, 4) is 5.75 Å². The molecule has 0 aromatic heterocycles. The minimum atomic E-state index is -4.74. The van der Waals surface area contributed by atoms with Crippen molar-refractivity contribution in [3.05, 3.63) is 56.5 Å². The minimum absolute atomic E-state index is 0.138. The van der Waals surface area contributed by atoms with E-state index in [4.69, 9.17) is 44.3 Å². The maximum Gasteiger partial charge on any atom is 0.416 e. The number of rotatable bonds is 5. The zero-order chi connectivity index (χ0) is 24.4. The molecular formula is C21H19Cl3F3NO4. The molecule has 2 rings (SSSR count). The summed E-state index contributed by atoms with van der Waals surface area (Å²) in [5.41, 5.74) is -2.48. The molecule has 0 atom stereocenters. The molecule has 0 unspecified atom stereocenters. The number of halogens is 6. The molecule has 2 aromatic carbocycles. The molecule has 0 heterocycles. The van der Waals surface area contributed by atoms with E-state index in [0.29, 0.717) is 6.07 Å². The van der Waals surface area contributed by atoms with Crippen LogP contribution in [0.25, 0.3) is 0 Å². The van der Waals surface area contributed by atoms with Crippen LogP contribution in [0.3, 0.4) is 0 Å². The van der Waals surface area contributed by atoms with Crippen LogP contribution in [-0.4, -0.2) is 31.1 Å². The number of carbonyl (C=O) groups is 2. The molecular weight excluding hydrogens is 494 g/mol. The highest BCUT2D eigenvalue weighted by atomic mass is 35.5. The van der Waals surface area contributed by atoms with Gasteiger partial charge in [0.25, 0.3) is 5.91 Å². The van der Waals surface area contributed by atoms with Crippen molar-refractivity contribution in [3.63, 3.8) is 0 Å². The summed E-state index contributed by atoms with van der Waals surface area (Å²) >= 11 is 18.1. The second-order valence-corrected chi connectivity index (χ2v) is 8.89. The average molecular weight is 513 g/mol. The second kappa shape index (κ2) is 9.77. The second-order valence-electron chi connectivity index (χ2n) is 7.64. The number of hydrogen-bond donors (Lipinski definition) is 0. The van der Waals surface area contributed by atoms with E-state index in [0.717, 1.165) is 11.0 Å². The highest BCUT2D eigenvalue weighted by Gasteiger charge is 2.34.